The number of piperidine rings is 1. The number of carbonyl (C=O) groups excluding carboxylic acids is 2. The molecule has 0 spiro atoms. The van der Waals surface area contributed by atoms with Gasteiger partial charge in [0, 0.05) is 31.1 Å². The molecule has 0 radical (unpaired) electrons. The Hall–Kier alpha value is -6.37. The number of pyridine rings is 1. The second-order valence-electron chi connectivity index (χ2n) is 12.5. The summed E-state index contributed by atoms with van der Waals surface area (Å²) in [6.45, 7) is 0.583. The number of nitrogens with zero attached hydrogens (tertiary/aromatic N) is 6. The summed E-state index contributed by atoms with van der Waals surface area (Å²) in [6, 6.07) is 20.7. The summed E-state index contributed by atoms with van der Waals surface area (Å²) >= 11 is 0. The van der Waals surface area contributed by atoms with E-state index in [2.05, 4.69) is 20.2 Å². The van der Waals surface area contributed by atoms with E-state index >= 15 is 4.39 Å². The van der Waals surface area contributed by atoms with Crippen LogP contribution in [0.1, 0.15) is 38.5 Å². The van der Waals surface area contributed by atoms with Gasteiger partial charge in [0.05, 0.1) is 34.9 Å². The van der Waals surface area contributed by atoms with Gasteiger partial charge in [0.1, 0.15) is 22.7 Å². The number of hydrogen-bond donors (Lipinski definition) is 2. The average molecular weight is 655 g/mol. The molecule has 3 saturated heterocycles. The lowest BCUT2D eigenvalue weighted by Gasteiger charge is -2.56. The Morgan fingerprint density at radius 1 is 0.959 bits per heavy atom. The Morgan fingerprint density at radius 3 is 2.59 bits per heavy atom. The zero-order valence-corrected chi connectivity index (χ0v) is 25.8. The highest BCUT2D eigenvalue weighted by Crippen LogP contribution is 2.35. The summed E-state index contributed by atoms with van der Waals surface area (Å²) in [5.74, 6) is -1.22. The minimum absolute atomic E-state index is 0.0359. The van der Waals surface area contributed by atoms with E-state index in [1.807, 2.05) is 47.5 Å². The number of nitrogens with one attached hydrogen (secondary N) is 1. The van der Waals surface area contributed by atoms with Crippen LogP contribution in [0, 0.1) is 5.82 Å². The SMILES string of the molecule is Nc1nc2cc(-c3ccc4ncc(C(=O)N5C6CC5CN(C(=O)c5cc(Cc7n[nH]c(=O)c8ccccc78)ccc5F)C6)n4c3)ccc2o1. The monoisotopic (exact) mass is 654 g/mol. The molecule has 3 aliphatic heterocycles. The molecule has 12 nitrogen and oxygen atoms in total. The normalized spacial score (nSPS) is 17.2. The standard InChI is InChI=1S/C36H27FN8O4/c37-27-8-5-19(12-28-24-3-1-2-4-25(24)33(46)42-41-28)11-26(27)34(47)43-17-22-14-23(18-43)45(22)35(48)30-15-39-32-10-7-21(16-44(30)32)20-6-9-31-29(13-20)40-36(38)49-31/h1-11,13,15-16,22-23H,12,14,17-18H2,(H2,38,40)(H,42,46). The lowest BCUT2D eigenvalue weighted by atomic mass is 9.86. The maximum atomic E-state index is 15.1. The number of hydrogen-bond acceptors (Lipinski definition) is 8. The number of amides is 2. The van der Waals surface area contributed by atoms with E-state index in [0.29, 0.717) is 64.0 Å². The van der Waals surface area contributed by atoms with E-state index in [0.717, 1.165) is 17.5 Å². The average Bonchev–Trinajstić information content (AvgIpc) is 3.72. The highest BCUT2D eigenvalue weighted by atomic mass is 19.1. The third kappa shape index (κ3) is 4.73. The van der Waals surface area contributed by atoms with Crippen molar-refractivity contribution in [2.75, 3.05) is 18.8 Å². The Balaban J connectivity index is 0.934. The van der Waals surface area contributed by atoms with Gasteiger partial charge in [-0.15, -0.1) is 0 Å². The van der Waals surface area contributed by atoms with Gasteiger partial charge in [0.15, 0.2) is 5.58 Å². The van der Waals surface area contributed by atoms with Crippen molar-refractivity contribution >= 4 is 45.3 Å². The van der Waals surface area contributed by atoms with Crippen molar-refractivity contribution < 1.29 is 18.4 Å². The number of anilines is 1. The Labute approximate surface area is 276 Å². The van der Waals surface area contributed by atoms with Crippen LogP contribution in [0.5, 0.6) is 0 Å². The van der Waals surface area contributed by atoms with Crippen LogP contribution < -0.4 is 11.3 Å². The molecule has 2 unspecified atom stereocenters. The van der Waals surface area contributed by atoms with Gasteiger partial charge in [-0.05, 0) is 65.6 Å². The van der Waals surface area contributed by atoms with Gasteiger partial charge in [0.2, 0.25) is 0 Å². The summed E-state index contributed by atoms with van der Waals surface area (Å²) in [4.78, 5) is 51.9. The van der Waals surface area contributed by atoms with Gasteiger partial charge >= 0.3 is 0 Å². The number of carbonyl (C=O) groups is 2. The molecular weight excluding hydrogens is 627 g/mol. The Morgan fingerprint density at radius 2 is 1.76 bits per heavy atom. The second-order valence-corrected chi connectivity index (χ2v) is 12.5. The lowest BCUT2D eigenvalue weighted by molar-refractivity contribution is -0.0402. The van der Waals surface area contributed by atoms with Crippen molar-refractivity contribution in [3.63, 3.8) is 0 Å². The molecule has 7 heterocycles. The molecule has 0 saturated carbocycles. The van der Waals surface area contributed by atoms with Crippen molar-refractivity contribution in [3.05, 3.63) is 124 Å². The van der Waals surface area contributed by atoms with E-state index in [4.69, 9.17) is 10.2 Å². The van der Waals surface area contributed by atoms with Gasteiger partial charge < -0.3 is 20.0 Å². The summed E-state index contributed by atoms with van der Waals surface area (Å²) in [7, 11) is 0. The fourth-order valence-corrected chi connectivity index (χ4v) is 7.19. The first-order chi connectivity index (χ1) is 23.8. The molecule has 3 N–H and O–H groups in total. The molecule has 0 aliphatic carbocycles. The van der Waals surface area contributed by atoms with E-state index in [1.54, 1.807) is 45.8 Å². The molecule has 2 amide bonds. The number of nitrogen functional groups attached to an aromatic ring is 1. The van der Waals surface area contributed by atoms with E-state index in [9.17, 15) is 14.4 Å². The second kappa shape index (κ2) is 10.8. The topological polar surface area (TPSA) is 156 Å². The molecule has 10 rings (SSSR count). The summed E-state index contributed by atoms with van der Waals surface area (Å²) < 4.78 is 22.3. The number of oxazole rings is 1. The summed E-state index contributed by atoms with van der Waals surface area (Å²) in [5, 5.41) is 7.95. The number of benzene rings is 3. The molecule has 3 aliphatic rings. The van der Waals surface area contributed by atoms with Crippen LogP contribution in [0.4, 0.5) is 10.4 Å². The van der Waals surface area contributed by atoms with Gasteiger partial charge in [-0.25, -0.2) is 14.5 Å². The summed E-state index contributed by atoms with van der Waals surface area (Å²) in [6.07, 6.45) is 4.50. The first kappa shape index (κ1) is 28.8. The van der Waals surface area contributed by atoms with Crippen molar-refractivity contribution in [2.45, 2.75) is 24.9 Å². The first-order valence-corrected chi connectivity index (χ1v) is 15.8. The number of rotatable bonds is 5. The van der Waals surface area contributed by atoms with E-state index < -0.39 is 11.7 Å². The summed E-state index contributed by atoms with van der Waals surface area (Å²) in [5.41, 5.74) is 10.7. The number of nitrogens with two attached hydrogens (primary N) is 1. The molecule has 242 valence electrons. The maximum Gasteiger partial charge on any atom is 0.292 e. The quantitative estimate of drug-likeness (QED) is 0.276. The zero-order valence-electron chi connectivity index (χ0n) is 25.8. The van der Waals surface area contributed by atoms with Crippen LogP contribution in [-0.4, -0.2) is 71.4 Å². The first-order valence-electron chi connectivity index (χ1n) is 15.8. The predicted molar refractivity (Wildman–Crippen MR) is 178 cm³/mol. The third-order valence-electron chi connectivity index (χ3n) is 9.58. The number of aromatic nitrogens is 5. The molecule has 2 bridgehead atoms. The zero-order chi connectivity index (χ0) is 33.4. The molecule has 13 heteroatoms. The van der Waals surface area contributed by atoms with Crippen LogP contribution in [0.25, 0.3) is 38.6 Å². The largest absolute Gasteiger partial charge is 0.424 e. The smallest absolute Gasteiger partial charge is 0.292 e. The van der Waals surface area contributed by atoms with Crippen LogP contribution in [-0.2, 0) is 6.42 Å². The number of aromatic amines is 1. The maximum absolute atomic E-state index is 15.1. The van der Waals surface area contributed by atoms with Gasteiger partial charge in [0.25, 0.3) is 23.4 Å². The van der Waals surface area contributed by atoms with Crippen LogP contribution in [0.2, 0.25) is 0 Å². The van der Waals surface area contributed by atoms with Crippen molar-refractivity contribution in [1.82, 2.24) is 34.4 Å². The molecule has 2 atom stereocenters. The highest BCUT2D eigenvalue weighted by Gasteiger charge is 2.49. The number of H-pyrrole nitrogens is 1. The van der Waals surface area contributed by atoms with Crippen LogP contribution in [0.3, 0.4) is 0 Å². The highest BCUT2D eigenvalue weighted by molar-refractivity contribution is 5.97. The molecular formula is C36H27FN8O4. The Bertz CT molecular complexity index is 2540. The van der Waals surface area contributed by atoms with Gasteiger partial charge in [-0.2, -0.15) is 10.1 Å². The third-order valence-corrected chi connectivity index (χ3v) is 9.58. The van der Waals surface area contributed by atoms with Crippen molar-refractivity contribution in [1.29, 1.82) is 0 Å². The van der Waals surface area contributed by atoms with Gasteiger partial charge in [-0.1, -0.05) is 30.3 Å². The Kier molecular flexibility index (Phi) is 6.37. The molecule has 4 aromatic heterocycles. The number of piperazine rings is 1. The minimum atomic E-state index is -0.618. The van der Waals surface area contributed by atoms with Crippen LogP contribution >= 0.6 is 0 Å². The molecule has 3 fully saturated rings. The number of fused-ring (bicyclic) bond motifs is 5. The molecule has 3 aromatic carbocycles. The van der Waals surface area contributed by atoms with Crippen molar-refractivity contribution in [2.24, 2.45) is 0 Å². The van der Waals surface area contributed by atoms with E-state index in [1.165, 1.54) is 6.07 Å². The fourth-order valence-electron chi connectivity index (χ4n) is 7.19. The molecule has 7 aromatic rings. The van der Waals surface area contributed by atoms with Gasteiger partial charge in [-0.3, -0.25) is 18.8 Å². The predicted octanol–water partition coefficient (Wildman–Crippen LogP) is 4.43. The van der Waals surface area contributed by atoms with E-state index in [-0.39, 0.29) is 35.1 Å². The van der Waals surface area contributed by atoms with Crippen molar-refractivity contribution in [3.8, 4) is 11.1 Å². The minimum Gasteiger partial charge on any atom is -0.424 e. The lowest BCUT2D eigenvalue weighted by Crippen LogP contribution is -2.70. The number of imidazole rings is 1. The van der Waals surface area contributed by atoms with Crippen LogP contribution in [0.15, 0.2) is 94.4 Å². The number of halogens is 1. The fraction of sp³-hybridized carbons (Fsp3) is 0.167. The molecule has 49 heavy (non-hydrogen) atoms.